The average Bonchev–Trinajstić information content (AvgIpc) is 2.65. The molecule has 0 saturated heterocycles. The summed E-state index contributed by atoms with van der Waals surface area (Å²) >= 11 is 0. The van der Waals surface area contributed by atoms with Gasteiger partial charge in [0.1, 0.15) is 37.7 Å². The molecule has 0 radical (unpaired) electrons. The fourth-order valence-corrected chi connectivity index (χ4v) is 2.72. The lowest BCUT2D eigenvalue weighted by Gasteiger charge is -2.18. The molecule has 0 aliphatic carbocycles. The normalized spacial score (nSPS) is 12.4. The molecule has 0 saturated carbocycles. The van der Waals surface area contributed by atoms with Crippen molar-refractivity contribution >= 4 is 0 Å². The SMILES string of the molecule is Cc1cc(=O)c(O)c(C[NH+](C)CC[NH+](C)Cc2oc(C)cc(=O)c2O)o1.O.O.[O-][Cl+3]([O-])([O-])[O-].[O-][Cl+3]([O-])([O-])[O-]. The van der Waals surface area contributed by atoms with Crippen molar-refractivity contribution in [1.82, 2.24) is 0 Å². The van der Waals surface area contributed by atoms with Gasteiger partial charge in [-0.2, -0.15) is 0 Å². The van der Waals surface area contributed by atoms with Crippen molar-refractivity contribution in [2.75, 3.05) is 27.2 Å². The van der Waals surface area contributed by atoms with E-state index in [1.54, 1.807) is 13.8 Å². The van der Waals surface area contributed by atoms with Gasteiger partial charge in [0.2, 0.25) is 33.9 Å². The largest absolute Gasteiger partial charge is 0.502 e. The molecular formula is C18H30Cl2N2O16. The minimum atomic E-state index is -4.94. The lowest BCUT2D eigenvalue weighted by atomic mass is 10.3. The summed E-state index contributed by atoms with van der Waals surface area (Å²) in [5.74, 6) is 0.774. The third-order valence-electron chi connectivity index (χ3n) is 4.14. The topological polar surface area (TPSA) is 357 Å². The molecule has 0 spiro atoms. The van der Waals surface area contributed by atoms with Gasteiger partial charge in [-0.25, -0.2) is 37.3 Å². The lowest BCUT2D eigenvalue weighted by molar-refractivity contribution is -2.00. The predicted octanol–water partition coefficient (Wildman–Crippen LogP) is -12.8. The number of nitrogens with one attached hydrogen (secondary N) is 2. The van der Waals surface area contributed by atoms with Crippen molar-refractivity contribution in [1.29, 1.82) is 0 Å². The van der Waals surface area contributed by atoms with Crippen molar-refractivity contribution < 1.29 is 97.6 Å². The van der Waals surface area contributed by atoms with E-state index in [1.807, 2.05) is 14.1 Å². The third-order valence-corrected chi connectivity index (χ3v) is 4.14. The van der Waals surface area contributed by atoms with Crippen molar-refractivity contribution in [3.05, 3.63) is 55.6 Å². The van der Waals surface area contributed by atoms with Crippen molar-refractivity contribution in [2.24, 2.45) is 0 Å². The summed E-state index contributed by atoms with van der Waals surface area (Å²) in [4.78, 5) is 25.3. The van der Waals surface area contributed by atoms with Gasteiger partial charge in [-0.3, -0.25) is 9.59 Å². The number of quaternary nitrogens is 2. The van der Waals surface area contributed by atoms with Crippen molar-refractivity contribution in [3.8, 4) is 11.5 Å². The Balaban J connectivity index is -0.000000872. The number of hydrogen-bond acceptors (Lipinski definition) is 14. The van der Waals surface area contributed by atoms with Crippen LogP contribution in [0, 0.1) is 34.3 Å². The smallest absolute Gasteiger partial charge is 0.227 e. The number of hydrogen-bond donors (Lipinski definition) is 4. The molecule has 2 atom stereocenters. The fourth-order valence-electron chi connectivity index (χ4n) is 2.72. The zero-order chi connectivity index (χ0) is 28.4. The first-order valence-electron chi connectivity index (χ1n) is 9.68. The maximum Gasteiger partial charge on any atom is 0.227 e. The van der Waals surface area contributed by atoms with Gasteiger partial charge in [0.05, 0.1) is 14.1 Å². The maximum atomic E-state index is 11.6. The van der Waals surface area contributed by atoms with E-state index in [0.29, 0.717) is 24.6 Å². The van der Waals surface area contributed by atoms with Crippen LogP contribution in [0.5, 0.6) is 11.5 Å². The van der Waals surface area contributed by atoms with Gasteiger partial charge in [0, 0.05) is 12.1 Å². The molecule has 2 aromatic heterocycles. The second kappa shape index (κ2) is 17.2. The number of likely N-dealkylation sites (N-methyl/N-ethyl adjacent to an activating group) is 2. The molecule has 38 heavy (non-hydrogen) atoms. The summed E-state index contributed by atoms with van der Waals surface area (Å²) in [5.41, 5.74) is -0.881. The average molecular weight is 601 g/mol. The zero-order valence-electron chi connectivity index (χ0n) is 20.5. The van der Waals surface area contributed by atoms with E-state index in [2.05, 4.69) is 0 Å². The minimum Gasteiger partial charge on any atom is -0.502 e. The molecule has 20 heteroatoms. The highest BCUT2D eigenvalue weighted by Crippen LogP contribution is 2.12. The zero-order valence-corrected chi connectivity index (χ0v) is 22.0. The predicted molar refractivity (Wildman–Crippen MR) is 101 cm³/mol. The van der Waals surface area contributed by atoms with Crippen LogP contribution >= 0.6 is 0 Å². The summed E-state index contributed by atoms with van der Waals surface area (Å²) in [6.07, 6.45) is 0. The Bertz CT molecular complexity index is 983. The molecule has 0 aromatic carbocycles. The fraction of sp³-hybridized carbons (Fsp3) is 0.444. The molecule has 0 fully saturated rings. The molecule has 18 nitrogen and oxygen atoms in total. The van der Waals surface area contributed by atoms with Gasteiger partial charge in [-0.1, -0.05) is 0 Å². The van der Waals surface area contributed by atoms with E-state index < -0.39 is 31.3 Å². The van der Waals surface area contributed by atoms with Crippen LogP contribution in [-0.4, -0.2) is 48.4 Å². The maximum absolute atomic E-state index is 11.6. The van der Waals surface area contributed by atoms with Crippen LogP contribution in [0.2, 0.25) is 0 Å². The summed E-state index contributed by atoms with van der Waals surface area (Å²) in [5, 5.41) is 19.7. The summed E-state index contributed by atoms with van der Waals surface area (Å²) in [6, 6.07) is 2.52. The first-order valence-corrected chi connectivity index (χ1v) is 12.2. The highest BCUT2D eigenvalue weighted by Gasteiger charge is 2.18. The molecule has 0 aliphatic rings. The van der Waals surface area contributed by atoms with Crippen LogP contribution in [0.1, 0.15) is 23.0 Å². The molecule has 0 aliphatic heterocycles. The second-order valence-electron chi connectivity index (χ2n) is 7.51. The summed E-state index contributed by atoms with van der Waals surface area (Å²) in [7, 11) is -6.03. The van der Waals surface area contributed by atoms with Crippen LogP contribution in [-0.2, 0) is 13.1 Å². The number of aromatic hydroxyl groups is 2. The third kappa shape index (κ3) is 19.7. The van der Waals surface area contributed by atoms with Crippen LogP contribution in [0.4, 0.5) is 0 Å². The molecule has 8 N–H and O–H groups in total. The number of halogens is 2. The van der Waals surface area contributed by atoms with Gasteiger partial charge in [0.15, 0.2) is 0 Å². The molecule has 2 unspecified atom stereocenters. The molecule has 0 bridgehead atoms. The Labute approximate surface area is 219 Å². The molecule has 2 aromatic rings. The van der Waals surface area contributed by atoms with Gasteiger partial charge < -0.3 is 39.8 Å². The van der Waals surface area contributed by atoms with Gasteiger partial charge in [-0.15, -0.1) is 20.5 Å². The van der Waals surface area contributed by atoms with Crippen LogP contribution in [0.15, 0.2) is 30.6 Å². The van der Waals surface area contributed by atoms with Crippen molar-refractivity contribution in [3.63, 3.8) is 0 Å². The second-order valence-corrected chi connectivity index (χ2v) is 9.02. The molecule has 0 amide bonds. The Morgan fingerprint density at radius 3 is 1.16 bits per heavy atom. The van der Waals surface area contributed by atoms with Crippen molar-refractivity contribution in [2.45, 2.75) is 26.9 Å². The number of aryl methyl sites for hydroxylation is 2. The van der Waals surface area contributed by atoms with E-state index in [-0.39, 0.29) is 34.0 Å². The monoisotopic (exact) mass is 600 g/mol. The number of rotatable bonds is 7. The molecule has 2 heterocycles. The summed E-state index contributed by atoms with van der Waals surface area (Å²) in [6.45, 7) is 5.53. The standard InChI is InChI=1S/C18H24N2O6.2ClHO4.2H2O/c1-11-7-13(21)17(23)15(25-11)9-19(3)5-6-20(4)10-16-18(24)14(22)8-12(2)26-16;2*2-1(3,4)5;;/h7-8,23-24H,5-6,9-10H2,1-4H3;2*(H,2,3,4,5);2*1H2. The Kier molecular flexibility index (Phi) is 18.2. The highest BCUT2D eigenvalue weighted by molar-refractivity contribution is 5.24. The van der Waals surface area contributed by atoms with Crippen LogP contribution in [0.3, 0.4) is 0 Å². The summed E-state index contributed by atoms with van der Waals surface area (Å²) < 4.78 is 78.8. The van der Waals surface area contributed by atoms with E-state index in [9.17, 15) is 19.8 Å². The Hall–Kier alpha value is -2.40. The Morgan fingerprint density at radius 1 is 0.684 bits per heavy atom. The first kappa shape index (κ1) is 40.1. The van der Waals surface area contributed by atoms with E-state index in [1.165, 1.54) is 12.1 Å². The quantitative estimate of drug-likeness (QED) is 0.229. The van der Waals surface area contributed by atoms with E-state index in [4.69, 9.17) is 46.1 Å². The minimum absolute atomic E-state index is 0. The van der Waals surface area contributed by atoms with Crippen LogP contribution < -0.4 is 57.9 Å². The van der Waals surface area contributed by atoms with Gasteiger partial charge in [0.25, 0.3) is 0 Å². The van der Waals surface area contributed by atoms with E-state index >= 15 is 0 Å². The highest BCUT2D eigenvalue weighted by atomic mass is 35.7. The molecule has 2 rings (SSSR count). The van der Waals surface area contributed by atoms with Crippen LogP contribution in [0.25, 0.3) is 0 Å². The van der Waals surface area contributed by atoms with Gasteiger partial charge >= 0.3 is 0 Å². The molecule has 222 valence electrons. The van der Waals surface area contributed by atoms with Gasteiger partial charge in [-0.05, 0) is 13.8 Å². The molecular weight excluding hydrogens is 571 g/mol. The Morgan fingerprint density at radius 2 is 0.921 bits per heavy atom. The lowest BCUT2D eigenvalue weighted by Crippen LogP contribution is -3.16. The first-order chi connectivity index (χ1) is 16.2. The van der Waals surface area contributed by atoms with E-state index in [0.717, 1.165) is 22.9 Å².